The molecule has 1 aliphatic rings. The average Bonchev–Trinajstić information content (AvgIpc) is 2.99. The summed E-state index contributed by atoms with van der Waals surface area (Å²) in [5, 5.41) is 3.34. The van der Waals surface area contributed by atoms with Crippen molar-refractivity contribution in [1.82, 2.24) is 0 Å². The second-order valence-corrected chi connectivity index (χ2v) is 6.38. The minimum absolute atomic E-state index is 0.196. The van der Waals surface area contributed by atoms with E-state index in [1.807, 2.05) is 23.1 Å². The van der Waals surface area contributed by atoms with Gasteiger partial charge in [-0.15, -0.1) is 0 Å². The third-order valence-electron chi connectivity index (χ3n) is 4.43. The Labute approximate surface area is 138 Å². The Bertz CT molecular complexity index is 676. The summed E-state index contributed by atoms with van der Waals surface area (Å²) in [5.41, 5.74) is 4.76. The molecule has 1 heterocycles. The third-order valence-corrected chi connectivity index (χ3v) is 4.43. The summed E-state index contributed by atoms with van der Waals surface area (Å²) in [7, 11) is 0. The van der Waals surface area contributed by atoms with E-state index in [9.17, 15) is 4.79 Å². The van der Waals surface area contributed by atoms with Gasteiger partial charge in [0.2, 0.25) is 5.91 Å². The first-order chi connectivity index (χ1) is 11.1. The van der Waals surface area contributed by atoms with Crippen LogP contribution in [0.3, 0.4) is 0 Å². The SMILES string of the molecule is CC(C)c1ccc(NCCC(=O)N2CCc3ccccc32)cc1. The highest BCUT2D eigenvalue weighted by atomic mass is 16.2. The molecule has 3 rings (SSSR count). The van der Waals surface area contributed by atoms with E-state index >= 15 is 0 Å². The van der Waals surface area contributed by atoms with Gasteiger partial charge in [0, 0.05) is 30.9 Å². The molecule has 0 saturated carbocycles. The lowest BCUT2D eigenvalue weighted by Gasteiger charge is -2.17. The molecule has 3 heteroatoms. The van der Waals surface area contributed by atoms with E-state index in [4.69, 9.17) is 0 Å². The summed E-state index contributed by atoms with van der Waals surface area (Å²) in [4.78, 5) is 14.3. The first-order valence-electron chi connectivity index (χ1n) is 8.37. The van der Waals surface area contributed by atoms with Gasteiger partial charge in [-0.1, -0.05) is 44.2 Å². The number of amides is 1. The van der Waals surface area contributed by atoms with Crippen molar-refractivity contribution in [3.8, 4) is 0 Å². The smallest absolute Gasteiger partial charge is 0.228 e. The molecule has 0 aromatic heterocycles. The van der Waals surface area contributed by atoms with Gasteiger partial charge in [-0.2, -0.15) is 0 Å². The van der Waals surface area contributed by atoms with Gasteiger partial charge >= 0.3 is 0 Å². The number of carbonyl (C=O) groups excluding carboxylic acids is 1. The van der Waals surface area contributed by atoms with Crippen LogP contribution in [0.4, 0.5) is 11.4 Å². The average molecular weight is 308 g/mol. The van der Waals surface area contributed by atoms with E-state index in [0.29, 0.717) is 18.9 Å². The lowest BCUT2D eigenvalue weighted by molar-refractivity contribution is -0.118. The number of nitrogens with zero attached hydrogens (tertiary/aromatic N) is 1. The van der Waals surface area contributed by atoms with Gasteiger partial charge < -0.3 is 10.2 Å². The van der Waals surface area contributed by atoms with Crippen LogP contribution in [0.25, 0.3) is 0 Å². The molecular formula is C20H24N2O. The first-order valence-corrected chi connectivity index (χ1v) is 8.37. The topological polar surface area (TPSA) is 32.3 Å². The molecule has 1 amide bonds. The highest BCUT2D eigenvalue weighted by Crippen LogP contribution is 2.27. The number of carbonyl (C=O) groups is 1. The van der Waals surface area contributed by atoms with Crippen LogP contribution in [0.5, 0.6) is 0 Å². The highest BCUT2D eigenvalue weighted by Gasteiger charge is 2.23. The lowest BCUT2D eigenvalue weighted by Crippen LogP contribution is -2.30. The zero-order valence-corrected chi connectivity index (χ0v) is 13.9. The van der Waals surface area contributed by atoms with Gasteiger partial charge in [0.25, 0.3) is 0 Å². The van der Waals surface area contributed by atoms with Crippen LogP contribution < -0.4 is 10.2 Å². The van der Waals surface area contributed by atoms with Crippen molar-refractivity contribution in [2.24, 2.45) is 0 Å². The predicted molar refractivity (Wildman–Crippen MR) is 96.1 cm³/mol. The Kier molecular flexibility index (Phi) is 4.65. The van der Waals surface area contributed by atoms with Crippen molar-refractivity contribution in [3.05, 3.63) is 59.7 Å². The van der Waals surface area contributed by atoms with Crippen molar-refractivity contribution < 1.29 is 4.79 Å². The third kappa shape index (κ3) is 3.55. The fourth-order valence-corrected chi connectivity index (χ4v) is 3.03. The summed E-state index contributed by atoms with van der Waals surface area (Å²) in [6, 6.07) is 16.6. The molecule has 0 aliphatic carbocycles. The Hall–Kier alpha value is -2.29. The van der Waals surface area contributed by atoms with Gasteiger partial charge in [0.15, 0.2) is 0 Å². The molecule has 120 valence electrons. The van der Waals surface area contributed by atoms with Crippen molar-refractivity contribution in [3.63, 3.8) is 0 Å². The number of benzene rings is 2. The Morgan fingerprint density at radius 3 is 2.61 bits per heavy atom. The monoisotopic (exact) mass is 308 g/mol. The maximum Gasteiger partial charge on any atom is 0.228 e. The fourth-order valence-electron chi connectivity index (χ4n) is 3.03. The number of nitrogens with one attached hydrogen (secondary N) is 1. The van der Waals surface area contributed by atoms with Crippen LogP contribution in [0.15, 0.2) is 48.5 Å². The van der Waals surface area contributed by atoms with E-state index < -0.39 is 0 Å². The minimum Gasteiger partial charge on any atom is -0.385 e. The summed E-state index contributed by atoms with van der Waals surface area (Å²) >= 11 is 0. The molecule has 0 bridgehead atoms. The summed E-state index contributed by atoms with van der Waals surface area (Å²) in [6.07, 6.45) is 1.48. The minimum atomic E-state index is 0.196. The standard InChI is InChI=1S/C20H24N2O/c1-15(2)16-7-9-18(10-8-16)21-13-11-20(23)22-14-12-17-5-3-4-6-19(17)22/h3-10,15,21H,11-14H2,1-2H3. The maximum atomic E-state index is 12.4. The molecule has 2 aromatic rings. The molecule has 0 saturated heterocycles. The first kappa shape index (κ1) is 15.6. The molecule has 3 nitrogen and oxygen atoms in total. The van der Waals surface area contributed by atoms with Gasteiger partial charge in [-0.05, 0) is 41.7 Å². The van der Waals surface area contributed by atoms with Crippen LogP contribution in [0.1, 0.15) is 37.3 Å². The zero-order chi connectivity index (χ0) is 16.2. The molecule has 23 heavy (non-hydrogen) atoms. The van der Waals surface area contributed by atoms with Crippen LogP contribution in [-0.2, 0) is 11.2 Å². The van der Waals surface area contributed by atoms with E-state index in [1.54, 1.807) is 0 Å². The van der Waals surface area contributed by atoms with Crippen molar-refractivity contribution in [1.29, 1.82) is 0 Å². The number of para-hydroxylation sites is 1. The van der Waals surface area contributed by atoms with Gasteiger partial charge in [-0.25, -0.2) is 0 Å². The molecule has 0 fully saturated rings. The fraction of sp³-hybridized carbons (Fsp3) is 0.350. The molecular weight excluding hydrogens is 284 g/mol. The van der Waals surface area contributed by atoms with Gasteiger partial charge in [0.05, 0.1) is 0 Å². The quantitative estimate of drug-likeness (QED) is 0.897. The largest absolute Gasteiger partial charge is 0.385 e. The van der Waals surface area contributed by atoms with E-state index in [1.165, 1.54) is 11.1 Å². The zero-order valence-electron chi connectivity index (χ0n) is 13.9. The Morgan fingerprint density at radius 2 is 1.87 bits per heavy atom. The number of hydrogen-bond donors (Lipinski definition) is 1. The number of fused-ring (bicyclic) bond motifs is 1. The van der Waals surface area contributed by atoms with Crippen LogP contribution >= 0.6 is 0 Å². The molecule has 0 spiro atoms. The normalized spacial score (nSPS) is 13.3. The van der Waals surface area contributed by atoms with E-state index in [0.717, 1.165) is 24.3 Å². The van der Waals surface area contributed by atoms with E-state index in [2.05, 4.69) is 49.5 Å². The predicted octanol–water partition coefficient (Wildman–Crippen LogP) is 4.20. The highest BCUT2D eigenvalue weighted by molar-refractivity contribution is 5.95. The van der Waals surface area contributed by atoms with Crippen LogP contribution in [-0.4, -0.2) is 19.0 Å². The Morgan fingerprint density at radius 1 is 1.13 bits per heavy atom. The Balaban J connectivity index is 1.52. The van der Waals surface area contributed by atoms with Crippen molar-refractivity contribution >= 4 is 17.3 Å². The van der Waals surface area contributed by atoms with E-state index in [-0.39, 0.29) is 5.91 Å². The molecule has 0 unspecified atom stereocenters. The summed E-state index contributed by atoms with van der Waals surface area (Å²) in [6.45, 7) is 5.85. The molecule has 1 N–H and O–H groups in total. The van der Waals surface area contributed by atoms with Crippen LogP contribution in [0, 0.1) is 0 Å². The van der Waals surface area contributed by atoms with Gasteiger partial charge in [0.1, 0.15) is 0 Å². The van der Waals surface area contributed by atoms with Gasteiger partial charge in [-0.3, -0.25) is 4.79 Å². The van der Waals surface area contributed by atoms with Crippen molar-refractivity contribution in [2.75, 3.05) is 23.3 Å². The van der Waals surface area contributed by atoms with Crippen LogP contribution in [0.2, 0.25) is 0 Å². The molecule has 0 radical (unpaired) electrons. The molecule has 0 atom stereocenters. The number of hydrogen-bond acceptors (Lipinski definition) is 2. The lowest BCUT2D eigenvalue weighted by atomic mass is 10.0. The molecule has 2 aromatic carbocycles. The summed E-state index contributed by atoms with van der Waals surface area (Å²) < 4.78 is 0. The second kappa shape index (κ2) is 6.86. The van der Waals surface area contributed by atoms with Crippen molar-refractivity contribution in [2.45, 2.75) is 32.6 Å². The second-order valence-electron chi connectivity index (χ2n) is 6.38. The molecule has 1 aliphatic heterocycles. The maximum absolute atomic E-state index is 12.4. The summed E-state index contributed by atoms with van der Waals surface area (Å²) in [5.74, 6) is 0.738. The number of anilines is 2. The number of rotatable bonds is 5.